The van der Waals surface area contributed by atoms with E-state index in [-0.39, 0.29) is 0 Å². The quantitative estimate of drug-likeness (QED) is 0.855. The minimum absolute atomic E-state index is 0.336. The molecule has 0 saturated carbocycles. The van der Waals surface area contributed by atoms with Crippen LogP contribution in [0.3, 0.4) is 0 Å². The van der Waals surface area contributed by atoms with Crippen molar-refractivity contribution in [3.05, 3.63) is 23.7 Å². The standard InChI is InChI=1S/C12H19NOS/c1-9-5-6-12(14-9)10(2)13-11-4-3-7-15-8-11/h5-6,10-11,13H,3-4,7-8H2,1-2H3. The maximum absolute atomic E-state index is 5.62. The molecule has 2 atom stereocenters. The molecule has 0 bridgehead atoms. The third kappa shape index (κ3) is 3.02. The number of hydrogen-bond donors (Lipinski definition) is 1. The summed E-state index contributed by atoms with van der Waals surface area (Å²) < 4.78 is 5.62. The molecular weight excluding hydrogens is 206 g/mol. The van der Waals surface area contributed by atoms with Gasteiger partial charge in [-0.1, -0.05) is 0 Å². The lowest BCUT2D eigenvalue weighted by Gasteiger charge is -2.25. The Morgan fingerprint density at radius 1 is 1.53 bits per heavy atom. The predicted molar refractivity (Wildman–Crippen MR) is 65.3 cm³/mol. The van der Waals surface area contributed by atoms with E-state index in [1.807, 2.05) is 13.0 Å². The van der Waals surface area contributed by atoms with Gasteiger partial charge in [0.25, 0.3) is 0 Å². The molecule has 0 aromatic carbocycles. The van der Waals surface area contributed by atoms with E-state index in [2.05, 4.69) is 30.1 Å². The Hall–Kier alpha value is -0.410. The number of rotatable bonds is 3. The summed E-state index contributed by atoms with van der Waals surface area (Å²) in [6, 6.07) is 5.10. The Morgan fingerprint density at radius 3 is 3.00 bits per heavy atom. The maximum atomic E-state index is 5.62. The first-order valence-electron chi connectivity index (χ1n) is 5.66. The molecule has 2 heterocycles. The minimum atomic E-state index is 0.336. The van der Waals surface area contributed by atoms with Crippen molar-refractivity contribution in [2.45, 2.75) is 38.8 Å². The SMILES string of the molecule is Cc1ccc(C(C)NC2CCCSC2)o1. The summed E-state index contributed by atoms with van der Waals surface area (Å²) in [4.78, 5) is 0. The van der Waals surface area contributed by atoms with Crippen molar-refractivity contribution in [1.82, 2.24) is 5.32 Å². The van der Waals surface area contributed by atoms with Gasteiger partial charge in [0, 0.05) is 11.8 Å². The zero-order valence-corrected chi connectivity index (χ0v) is 10.3. The normalized spacial score (nSPS) is 24.0. The van der Waals surface area contributed by atoms with E-state index in [1.165, 1.54) is 24.3 Å². The van der Waals surface area contributed by atoms with Gasteiger partial charge in [0.1, 0.15) is 11.5 Å². The van der Waals surface area contributed by atoms with Gasteiger partial charge >= 0.3 is 0 Å². The van der Waals surface area contributed by atoms with Crippen LogP contribution < -0.4 is 5.32 Å². The second kappa shape index (κ2) is 5.08. The first kappa shape index (κ1) is 11.1. The third-order valence-electron chi connectivity index (χ3n) is 2.83. The summed E-state index contributed by atoms with van der Waals surface area (Å²) in [6.45, 7) is 4.17. The fourth-order valence-electron chi connectivity index (χ4n) is 1.99. The van der Waals surface area contributed by atoms with E-state index in [0.717, 1.165) is 11.5 Å². The number of hydrogen-bond acceptors (Lipinski definition) is 3. The average Bonchev–Trinajstić information content (AvgIpc) is 2.66. The van der Waals surface area contributed by atoms with Crippen LogP contribution in [0.4, 0.5) is 0 Å². The fourth-order valence-corrected chi connectivity index (χ4v) is 3.08. The minimum Gasteiger partial charge on any atom is -0.465 e. The van der Waals surface area contributed by atoms with Crippen molar-refractivity contribution in [2.75, 3.05) is 11.5 Å². The molecule has 1 aromatic rings. The fraction of sp³-hybridized carbons (Fsp3) is 0.667. The molecule has 1 aromatic heterocycles. The topological polar surface area (TPSA) is 25.2 Å². The molecule has 1 aliphatic rings. The second-order valence-electron chi connectivity index (χ2n) is 4.25. The van der Waals surface area contributed by atoms with Crippen LogP contribution in [0, 0.1) is 6.92 Å². The number of aryl methyl sites for hydroxylation is 1. The molecular formula is C12H19NOS. The molecule has 15 heavy (non-hydrogen) atoms. The summed E-state index contributed by atoms with van der Waals surface area (Å²) in [7, 11) is 0. The van der Waals surface area contributed by atoms with Crippen LogP contribution in [0.2, 0.25) is 0 Å². The van der Waals surface area contributed by atoms with Crippen LogP contribution in [-0.2, 0) is 0 Å². The Labute approximate surface area is 95.8 Å². The summed E-state index contributed by atoms with van der Waals surface area (Å²) in [5.41, 5.74) is 0. The monoisotopic (exact) mass is 225 g/mol. The number of nitrogens with one attached hydrogen (secondary N) is 1. The van der Waals surface area contributed by atoms with E-state index in [1.54, 1.807) is 0 Å². The molecule has 2 unspecified atom stereocenters. The molecule has 0 radical (unpaired) electrons. The van der Waals surface area contributed by atoms with Crippen molar-refractivity contribution in [3.63, 3.8) is 0 Å². The van der Waals surface area contributed by atoms with Crippen LogP contribution in [0.5, 0.6) is 0 Å². The molecule has 3 heteroatoms. The second-order valence-corrected chi connectivity index (χ2v) is 5.40. The highest BCUT2D eigenvalue weighted by atomic mass is 32.2. The summed E-state index contributed by atoms with van der Waals surface area (Å²) >= 11 is 2.05. The van der Waals surface area contributed by atoms with Gasteiger partial charge in [-0.15, -0.1) is 0 Å². The Bertz CT molecular complexity index is 304. The molecule has 2 nitrogen and oxygen atoms in total. The van der Waals surface area contributed by atoms with Crippen LogP contribution >= 0.6 is 11.8 Å². The molecule has 0 aliphatic carbocycles. The highest BCUT2D eigenvalue weighted by Gasteiger charge is 2.17. The highest BCUT2D eigenvalue weighted by Crippen LogP contribution is 2.21. The van der Waals surface area contributed by atoms with E-state index < -0.39 is 0 Å². The van der Waals surface area contributed by atoms with Crippen molar-refractivity contribution in [3.8, 4) is 0 Å². The maximum Gasteiger partial charge on any atom is 0.120 e. The first-order valence-corrected chi connectivity index (χ1v) is 6.81. The average molecular weight is 225 g/mol. The van der Waals surface area contributed by atoms with E-state index in [0.29, 0.717) is 12.1 Å². The largest absolute Gasteiger partial charge is 0.465 e. The molecule has 1 fully saturated rings. The lowest BCUT2D eigenvalue weighted by Crippen LogP contribution is -2.35. The smallest absolute Gasteiger partial charge is 0.120 e. The lowest BCUT2D eigenvalue weighted by atomic mass is 10.1. The summed E-state index contributed by atoms with van der Waals surface area (Å²) in [5.74, 6) is 4.62. The van der Waals surface area contributed by atoms with Crippen molar-refractivity contribution in [2.24, 2.45) is 0 Å². The Balaban J connectivity index is 1.88. The molecule has 0 spiro atoms. The summed E-state index contributed by atoms with van der Waals surface area (Å²) in [5, 5.41) is 3.63. The van der Waals surface area contributed by atoms with Crippen LogP contribution in [0.15, 0.2) is 16.5 Å². The van der Waals surface area contributed by atoms with Crippen LogP contribution in [0.1, 0.15) is 37.3 Å². The van der Waals surface area contributed by atoms with Crippen molar-refractivity contribution in [1.29, 1.82) is 0 Å². The van der Waals surface area contributed by atoms with Gasteiger partial charge in [-0.3, -0.25) is 0 Å². The van der Waals surface area contributed by atoms with Gasteiger partial charge in [0.2, 0.25) is 0 Å². The molecule has 0 amide bonds. The zero-order valence-electron chi connectivity index (χ0n) is 9.45. The van der Waals surface area contributed by atoms with E-state index in [4.69, 9.17) is 4.42 Å². The van der Waals surface area contributed by atoms with Gasteiger partial charge < -0.3 is 9.73 Å². The van der Waals surface area contributed by atoms with Crippen molar-refractivity contribution < 1.29 is 4.42 Å². The molecule has 1 aliphatic heterocycles. The van der Waals surface area contributed by atoms with Gasteiger partial charge in [-0.05, 0) is 44.6 Å². The summed E-state index contributed by atoms with van der Waals surface area (Å²) in [6.07, 6.45) is 2.64. The Morgan fingerprint density at radius 2 is 2.40 bits per heavy atom. The first-order chi connectivity index (χ1) is 7.25. The van der Waals surface area contributed by atoms with Gasteiger partial charge in [-0.2, -0.15) is 11.8 Å². The molecule has 2 rings (SSSR count). The van der Waals surface area contributed by atoms with Crippen molar-refractivity contribution >= 4 is 11.8 Å². The lowest BCUT2D eigenvalue weighted by molar-refractivity contribution is 0.379. The molecule has 1 N–H and O–H groups in total. The predicted octanol–water partition coefficient (Wildman–Crippen LogP) is 3.13. The zero-order chi connectivity index (χ0) is 10.7. The van der Waals surface area contributed by atoms with Gasteiger partial charge in [0.15, 0.2) is 0 Å². The van der Waals surface area contributed by atoms with Crippen LogP contribution in [0.25, 0.3) is 0 Å². The number of thioether (sulfide) groups is 1. The highest BCUT2D eigenvalue weighted by molar-refractivity contribution is 7.99. The Kier molecular flexibility index (Phi) is 3.76. The van der Waals surface area contributed by atoms with E-state index >= 15 is 0 Å². The number of furan rings is 1. The molecule has 1 saturated heterocycles. The van der Waals surface area contributed by atoms with E-state index in [9.17, 15) is 0 Å². The van der Waals surface area contributed by atoms with Gasteiger partial charge in [-0.25, -0.2) is 0 Å². The van der Waals surface area contributed by atoms with Crippen LogP contribution in [-0.4, -0.2) is 17.5 Å². The third-order valence-corrected chi connectivity index (χ3v) is 4.05. The van der Waals surface area contributed by atoms with Gasteiger partial charge in [0.05, 0.1) is 6.04 Å². The molecule has 84 valence electrons.